The fourth-order valence-corrected chi connectivity index (χ4v) is 7.27. The number of ether oxygens (including phenoxy) is 2. The van der Waals surface area contributed by atoms with Gasteiger partial charge in [0, 0.05) is 34.2 Å². The van der Waals surface area contributed by atoms with Gasteiger partial charge in [0.25, 0.3) is 0 Å². The minimum atomic E-state index is -1.15. The average Bonchev–Trinajstić information content (AvgIpc) is 3.59. The summed E-state index contributed by atoms with van der Waals surface area (Å²) >= 11 is 0. The monoisotopic (exact) mass is 741 g/mol. The first-order valence-electron chi connectivity index (χ1n) is 18.3. The second-order valence-electron chi connectivity index (χ2n) is 14.7. The largest absolute Gasteiger partial charge is 0.480 e. The van der Waals surface area contributed by atoms with Crippen LogP contribution in [-0.2, 0) is 39.9 Å². The number of carboxylic acid groups (broad SMARTS) is 1. The number of allylic oxidation sites excluding steroid dienone is 1. The van der Waals surface area contributed by atoms with Crippen LogP contribution in [0.3, 0.4) is 0 Å². The quantitative estimate of drug-likeness (QED) is 0.171. The van der Waals surface area contributed by atoms with Crippen molar-refractivity contribution in [1.82, 2.24) is 25.3 Å². The lowest BCUT2D eigenvalue weighted by atomic mass is 9.93. The van der Waals surface area contributed by atoms with Crippen LogP contribution in [0.2, 0.25) is 0 Å². The van der Waals surface area contributed by atoms with Gasteiger partial charge in [0.2, 0.25) is 23.6 Å². The van der Waals surface area contributed by atoms with E-state index in [1.165, 1.54) is 14.2 Å². The standard InChI is InChI=1S/C40H63N5O8/c1-13-26(6)35(44(10)39(49)33(24(2)3)42-38(48)34(25(4)5)43(8)9)31(52-11)23-32(46)45-21-17-20-30(45)36(53-12)27(7)37(47)41-29(40(50)51)22-28-18-15-14-16-19-28/h13-16,18-19,24,27,29-31,33-36H,4,17,20-23H2,1-3,5-12H3,(H,41,47)(H,42,48)(H,50,51)/b26-13+/t27-,29?,30+,31-,33+,34+,35+,36-/m1/s1. The number of likely N-dealkylation sites (tertiary alicyclic amines) is 1. The second kappa shape index (κ2) is 21.0. The second-order valence-corrected chi connectivity index (χ2v) is 14.7. The van der Waals surface area contributed by atoms with Crippen molar-refractivity contribution in [3.63, 3.8) is 0 Å². The van der Waals surface area contributed by atoms with E-state index in [1.807, 2.05) is 52.0 Å². The SMILES string of the molecule is C=C(C)[C@@H](C(=O)N[C@H](C(=O)N(C)[C@@H](/C(C)=C/C)[C@@H](CC(=O)N1CCC[C@H]1[C@H](OC)[C@@H](C)C(=O)NC(Cc1ccccc1)C(=O)O)OC)C(C)C)N(C)C. The summed E-state index contributed by atoms with van der Waals surface area (Å²) in [6.45, 7) is 15.3. The van der Waals surface area contributed by atoms with Crippen molar-refractivity contribution in [2.75, 3.05) is 41.9 Å². The van der Waals surface area contributed by atoms with Crippen molar-refractivity contribution < 1.29 is 38.6 Å². The molecule has 8 atom stereocenters. The molecule has 1 aromatic rings. The summed E-state index contributed by atoms with van der Waals surface area (Å²) in [4.78, 5) is 72.2. The molecule has 13 heteroatoms. The van der Waals surface area contributed by atoms with Crippen molar-refractivity contribution in [2.24, 2.45) is 11.8 Å². The fourth-order valence-electron chi connectivity index (χ4n) is 7.27. The Morgan fingerprint density at radius 3 is 2.11 bits per heavy atom. The Kier molecular flexibility index (Phi) is 17.9. The molecular weight excluding hydrogens is 678 g/mol. The van der Waals surface area contributed by atoms with Crippen LogP contribution in [0.25, 0.3) is 0 Å². The first-order valence-corrected chi connectivity index (χ1v) is 18.3. The third-order valence-corrected chi connectivity index (χ3v) is 10.3. The number of hydrogen-bond acceptors (Lipinski definition) is 8. The smallest absolute Gasteiger partial charge is 0.326 e. The van der Waals surface area contributed by atoms with E-state index < -0.39 is 60.2 Å². The molecule has 0 bridgehead atoms. The molecule has 3 N–H and O–H groups in total. The molecule has 13 nitrogen and oxygen atoms in total. The Bertz CT molecular complexity index is 1450. The molecule has 1 unspecified atom stereocenters. The number of nitrogens with zero attached hydrogens (tertiary/aromatic N) is 3. The molecule has 53 heavy (non-hydrogen) atoms. The van der Waals surface area contributed by atoms with Crippen LogP contribution >= 0.6 is 0 Å². The van der Waals surface area contributed by atoms with Crippen LogP contribution in [0, 0.1) is 11.8 Å². The first-order chi connectivity index (χ1) is 24.9. The Hall–Kier alpha value is -4.07. The van der Waals surface area contributed by atoms with E-state index in [0.717, 1.165) is 11.1 Å². The molecular formula is C40H63N5O8. The lowest BCUT2D eigenvalue weighted by molar-refractivity contribution is -0.146. The number of carbonyl (C=O) groups is 5. The molecule has 1 aliphatic heterocycles. The summed E-state index contributed by atoms with van der Waals surface area (Å²) in [6.07, 6.45) is 1.78. The summed E-state index contributed by atoms with van der Waals surface area (Å²) in [6, 6.07) is 5.40. The van der Waals surface area contributed by atoms with E-state index in [0.29, 0.717) is 25.0 Å². The van der Waals surface area contributed by atoms with Gasteiger partial charge in [-0.15, -0.1) is 0 Å². The summed E-state index contributed by atoms with van der Waals surface area (Å²) in [5.74, 6) is -3.51. The highest BCUT2D eigenvalue weighted by atomic mass is 16.5. The van der Waals surface area contributed by atoms with Gasteiger partial charge in [0.15, 0.2) is 0 Å². The number of aliphatic carboxylic acids is 1. The number of carboxylic acids is 1. The Morgan fingerprint density at radius 1 is 1.00 bits per heavy atom. The fraction of sp³-hybridized carbons (Fsp3) is 0.625. The Labute approximate surface area is 316 Å². The van der Waals surface area contributed by atoms with Gasteiger partial charge in [0.1, 0.15) is 18.1 Å². The maximum absolute atomic E-state index is 14.2. The molecule has 0 aromatic heterocycles. The number of benzene rings is 1. The van der Waals surface area contributed by atoms with E-state index in [1.54, 1.807) is 61.8 Å². The van der Waals surface area contributed by atoms with E-state index in [-0.39, 0.29) is 36.5 Å². The Balaban J connectivity index is 2.29. The number of carbonyl (C=O) groups excluding carboxylic acids is 4. The van der Waals surface area contributed by atoms with Gasteiger partial charge in [-0.3, -0.25) is 24.1 Å². The van der Waals surface area contributed by atoms with Crippen LogP contribution < -0.4 is 10.6 Å². The number of methoxy groups -OCH3 is 2. The number of nitrogens with one attached hydrogen (secondary N) is 2. The lowest BCUT2D eigenvalue weighted by Crippen LogP contribution is -2.58. The average molecular weight is 742 g/mol. The maximum atomic E-state index is 14.2. The normalized spacial score (nSPS) is 18.8. The highest BCUT2D eigenvalue weighted by Crippen LogP contribution is 2.29. The molecule has 1 heterocycles. The molecule has 0 spiro atoms. The zero-order valence-corrected chi connectivity index (χ0v) is 33.5. The van der Waals surface area contributed by atoms with E-state index >= 15 is 0 Å². The summed E-state index contributed by atoms with van der Waals surface area (Å²) in [5.41, 5.74) is 2.24. The van der Waals surface area contributed by atoms with Gasteiger partial charge in [-0.05, 0) is 59.2 Å². The number of likely N-dealkylation sites (N-methyl/N-ethyl adjacent to an activating group) is 2. The van der Waals surface area contributed by atoms with Crippen molar-refractivity contribution in [3.8, 4) is 0 Å². The van der Waals surface area contributed by atoms with E-state index in [9.17, 15) is 29.1 Å². The summed E-state index contributed by atoms with van der Waals surface area (Å²) in [5, 5.41) is 15.5. The molecule has 296 valence electrons. The molecule has 2 rings (SSSR count). The van der Waals surface area contributed by atoms with Crippen molar-refractivity contribution in [2.45, 2.75) is 110 Å². The molecule has 1 aliphatic rings. The molecule has 4 amide bonds. The number of hydrogen-bond donors (Lipinski definition) is 3. The van der Waals surface area contributed by atoms with E-state index in [2.05, 4.69) is 17.2 Å². The van der Waals surface area contributed by atoms with Crippen LogP contribution in [0.5, 0.6) is 0 Å². The topological polar surface area (TPSA) is 158 Å². The van der Waals surface area contributed by atoms with Crippen LogP contribution in [0.4, 0.5) is 0 Å². The molecule has 1 fully saturated rings. The highest BCUT2D eigenvalue weighted by Gasteiger charge is 2.43. The van der Waals surface area contributed by atoms with Gasteiger partial charge < -0.3 is 35.0 Å². The van der Waals surface area contributed by atoms with Gasteiger partial charge in [-0.2, -0.15) is 0 Å². The Morgan fingerprint density at radius 2 is 1.62 bits per heavy atom. The zero-order valence-electron chi connectivity index (χ0n) is 33.5. The van der Waals surface area contributed by atoms with Gasteiger partial charge in [-0.1, -0.05) is 74.9 Å². The van der Waals surface area contributed by atoms with Crippen LogP contribution in [0.1, 0.15) is 66.4 Å². The van der Waals surface area contributed by atoms with Gasteiger partial charge in [0.05, 0.1) is 36.6 Å². The minimum absolute atomic E-state index is 0.0628. The van der Waals surface area contributed by atoms with Gasteiger partial charge >= 0.3 is 5.97 Å². The lowest BCUT2D eigenvalue weighted by Gasteiger charge is -2.39. The van der Waals surface area contributed by atoms with Crippen LogP contribution in [0.15, 0.2) is 54.1 Å². The third-order valence-electron chi connectivity index (χ3n) is 10.3. The molecule has 1 saturated heterocycles. The zero-order chi connectivity index (χ0) is 40.2. The van der Waals surface area contributed by atoms with Crippen molar-refractivity contribution in [1.29, 1.82) is 0 Å². The molecule has 0 saturated carbocycles. The number of rotatable bonds is 20. The first kappa shape index (κ1) is 45.1. The van der Waals surface area contributed by atoms with E-state index in [4.69, 9.17) is 9.47 Å². The summed E-state index contributed by atoms with van der Waals surface area (Å²) in [7, 11) is 8.20. The summed E-state index contributed by atoms with van der Waals surface area (Å²) < 4.78 is 11.8. The predicted octanol–water partition coefficient (Wildman–Crippen LogP) is 3.29. The predicted molar refractivity (Wildman–Crippen MR) is 205 cm³/mol. The third kappa shape index (κ3) is 12.0. The van der Waals surface area contributed by atoms with Gasteiger partial charge in [-0.25, -0.2) is 4.79 Å². The molecule has 0 radical (unpaired) electrons. The minimum Gasteiger partial charge on any atom is -0.480 e. The van der Waals surface area contributed by atoms with Crippen molar-refractivity contribution in [3.05, 3.63) is 59.7 Å². The molecule has 0 aliphatic carbocycles. The maximum Gasteiger partial charge on any atom is 0.326 e. The molecule has 1 aromatic carbocycles. The highest BCUT2D eigenvalue weighted by molar-refractivity contribution is 5.91. The van der Waals surface area contributed by atoms with Crippen molar-refractivity contribution >= 4 is 29.6 Å². The van der Waals surface area contributed by atoms with Crippen LogP contribution in [-0.4, -0.2) is 134 Å². The number of amides is 4.